The SMILES string of the molecule is CC(C)(C)c1cc(C(C)(C)C)n(Cc2ccccn2)n1.[Br][Ni][Br]. The molecule has 0 unspecified atom stereocenters. The molecule has 2 aromatic rings. The van der Waals surface area contributed by atoms with E-state index < -0.39 is 0 Å². The van der Waals surface area contributed by atoms with Crippen molar-refractivity contribution in [3.63, 3.8) is 0 Å². The van der Waals surface area contributed by atoms with Crippen LogP contribution in [-0.4, -0.2) is 14.8 Å². The van der Waals surface area contributed by atoms with E-state index in [1.807, 2.05) is 24.4 Å². The number of pyridine rings is 1. The molecule has 2 aromatic heterocycles. The van der Waals surface area contributed by atoms with Crippen molar-refractivity contribution in [1.82, 2.24) is 14.8 Å². The minimum absolute atomic E-state index is 0.0648. The van der Waals surface area contributed by atoms with Crippen LogP contribution in [0.25, 0.3) is 0 Å². The van der Waals surface area contributed by atoms with E-state index in [2.05, 4.69) is 85.7 Å². The van der Waals surface area contributed by atoms with E-state index in [9.17, 15) is 0 Å². The third kappa shape index (κ3) is 6.68. The van der Waals surface area contributed by atoms with Crippen LogP contribution in [0.3, 0.4) is 0 Å². The molecule has 0 saturated carbocycles. The van der Waals surface area contributed by atoms with Crippen molar-refractivity contribution in [2.24, 2.45) is 0 Å². The summed E-state index contributed by atoms with van der Waals surface area (Å²) in [6.07, 6.45) is 1.83. The number of aromatic nitrogens is 3. The van der Waals surface area contributed by atoms with Crippen molar-refractivity contribution in [3.05, 3.63) is 47.5 Å². The first-order valence-corrected chi connectivity index (χ1v) is 12.3. The molecule has 0 aliphatic carbocycles. The first-order chi connectivity index (χ1) is 10.6. The topological polar surface area (TPSA) is 30.7 Å². The Morgan fingerprint density at radius 3 is 2.09 bits per heavy atom. The molecule has 2 heterocycles. The third-order valence-electron chi connectivity index (χ3n) is 3.35. The molecule has 3 nitrogen and oxygen atoms in total. The summed E-state index contributed by atoms with van der Waals surface area (Å²) in [7, 11) is 1.25. The van der Waals surface area contributed by atoms with Crippen LogP contribution in [0.2, 0.25) is 0 Å². The molecular formula is C17H25Br2N3Ni. The zero-order chi connectivity index (χ0) is 17.7. The Morgan fingerprint density at radius 1 is 1.04 bits per heavy atom. The normalized spacial score (nSPS) is 12.0. The first-order valence-electron chi connectivity index (χ1n) is 7.40. The van der Waals surface area contributed by atoms with Gasteiger partial charge in [0.1, 0.15) is 0 Å². The van der Waals surface area contributed by atoms with Gasteiger partial charge in [-0.15, -0.1) is 0 Å². The van der Waals surface area contributed by atoms with Gasteiger partial charge in [0.2, 0.25) is 0 Å². The molecule has 6 heteroatoms. The van der Waals surface area contributed by atoms with Gasteiger partial charge in [-0.25, -0.2) is 0 Å². The molecule has 0 aliphatic rings. The number of hydrogen-bond donors (Lipinski definition) is 0. The van der Waals surface area contributed by atoms with Gasteiger partial charge in [-0.2, -0.15) is 5.10 Å². The standard InChI is InChI=1S/C17H25N3.2BrH.Ni/c1-16(2,3)14-11-15(17(4,5)6)20(19-14)12-13-9-7-8-10-18-13;;;/h7-11H,12H2,1-6H3;2*1H;/q;;;+2/p-2. The number of halogens is 2. The number of nitrogens with zero attached hydrogens (tertiary/aromatic N) is 3. The molecule has 0 radical (unpaired) electrons. The Labute approximate surface area is 160 Å². The summed E-state index contributed by atoms with van der Waals surface area (Å²) in [5.41, 5.74) is 3.58. The maximum atomic E-state index is 4.82. The molecule has 0 atom stereocenters. The molecule has 0 aliphatic heterocycles. The zero-order valence-corrected chi connectivity index (χ0v) is 18.7. The minimum atomic E-state index is 0.0648. The summed E-state index contributed by atoms with van der Waals surface area (Å²) in [5, 5.41) is 4.82. The fraction of sp³-hybridized carbons (Fsp3) is 0.529. The summed E-state index contributed by atoms with van der Waals surface area (Å²) in [4.78, 5) is 4.41. The van der Waals surface area contributed by atoms with Crippen molar-refractivity contribution in [2.75, 3.05) is 0 Å². The maximum absolute atomic E-state index is 4.82. The monoisotopic (exact) mass is 487 g/mol. The van der Waals surface area contributed by atoms with Gasteiger partial charge in [0.25, 0.3) is 0 Å². The summed E-state index contributed by atoms with van der Waals surface area (Å²) >= 11 is 6.00. The molecule has 0 aromatic carbocycles. The fourth-order valence-electron chi connectivity index (χ4n) is 2.15. The van der Waals surface area contributed by atoms with Gasteiger partial charge in [-0.1, -0.05) is 47.6 Å². The second-order valence-corrected chi connectivity index (χ2v) is 12.4. The van der Waals surface area contributed by atoms with E-state index in [4.69, 9.17) is 5.10 Å². The molecule has 0 spiro atoms. The Balaban J connectivity index is 0.000000816. The van der Waals surface area contributed by atoms with Crippen LogP contribution < -0.4 is 0 Å². The van der Waals surface area contributed by atoms with Crippen LogP contribution >= 0.6 is 28.5 Å². The third-order valence-corrected chi connectivity index (χ3v) is 3.35. The van der Waals surface area contributed by atoms with Crippen molar-refractivity contribution in [3.8, 4) is 0 Å². The van der Waals surface area contributed by atoms with Crippen LogP contribution in [0, 0.1) is 0 Å². The summed E-state index contributed by atoms with van der Waals surface area (Å²) in [6, 6.07) is 8.25. The van der Waals surface area contributed by atoms with Gasteiger partial charge in [-0.05, 0) is 18.2 Å². The fourth-order valence-corrected chi connectivity index (χ4v) is 2.15. The van der Waals surface area contributed by atoms with E-state index in [0.29, 0.717) is 0 Å². The summed E-state index contributed by atoms with van der Waals surface area (Å²) < 4.78 is 2.10. The molecule has 0 fully saturated rings. The Morgan fingerprint density at radius 2 is 1.65 bits per heavy atom. The van der Waals surface area contributed by atoms with Gasteiger partial charge in [0.15, 0.2) is 0 Å². The van der Waals surface area contributed by atoms with Crippen LogP contribution in [-0.2, 0) is 28.3 Å². The molecule has 0 saturated heterocycles. The Kier molecular flexibility index (Phi) is 7.96. The molecule has 0 bridgehead atoms. The molecule has 0 amide bonds. The quantitative estimate of drug-likeness (QED) is 0.513. The van der Waals surface area contributed by atoms with E-state index in [1.54, 1.807) is 0 Å². The Bertz CT molecular complexity index is 599. The summed E-state index contributed by atoms with van der Waals surface area (Å²) in [5.74, 6) is 0. The Hall–Kier alpha value is -0.186. The van der Waals surface area contributed by atoms with Crippen LogP contribution in [0.5, 0.6) is 0 Å². The second kappa shape index (κ2) is 8.78. The van der Waals surface area contributed by atoms with Gasteiger partial charge in [0, 0.05) is 22.7 Å². The van der Waals surface area contributed by atoms with Gasteiger partial charge in [-0.3, -0.25) is 9.67 Å². The van der Waals surface area contributed by atoms with E-state index >= 15 is 0 Å². The van der Waals surface area contributed by atoms with Crippen LogP contribution in [0.4, 0.5) is 0 Å². The zero-order valence-electron chi connectivity index (χ0n) is 14.5. The average molecular weight is 490 g/mol. The first kappa shape index (κ1) is 20.9. The molecule has 132 valence electrons. The van der Waals surface area contributed by atoms with Crippen molar-refractivity contribution >= 4 is 28.5 Å². The predicted molar refractivity (Wildman–Crippen MR) is 101 cm³/mol. The van der Waals surface area contributed by atoms with Gasteiger partial charge < -0.3 is 0 Å². The summed E-state index contributed by atoms with van der Waals surface area (Å²) in [6.45, 7) is 14.0. The molecular weight excluding hydrogens is 465 g/mol. The second-order valence-electron chi connectivity index (χ2n) is 7.44. The van der Waals surface area contributed by atoms with E-state index in [-0.39, 0.29) is 10.8 Å². The van der Waals surface area contributed by atoms with Crippen molar-refractivity contribution in [2.45, 2.75) is 58.9 Å². The average Bonchev–Trinajstić information content (AvgIpc) is 2.85. The molecule has 23 heavy (non-hydrogen) atoms. The van der Waals surface area contributed by atoms with Gasteiger partial charge >= 0.3 is 39.3 Å². The van der Waals surface area contributed by atoms with Crippen molar-refractivity contribution < 1.29 is 10.9 Å². The number of rotatable bonds is 2. The molecule has 2 rings (SSSR count). The van der Waals surface area contributed by atoms with Crippen LogP contribution in [0.1, 0.15) is 58.6 Å². The van der Waals surface area contributed by atoms with E-state index in [1.165, 1.54) is 16.6 Å². The van der Waals surface area contributed by atoms with Gasteiger partial charge in [0.05, 0.1) is 17.9 Å². The predicted octanol–water partition coefficient (Wildman–Crippen LogP) is 5.61. The molecule has 0 N–H and O–H groups in total. The number of hydrogen-bond acceptors (Lipinski definition) is 2. The van der Waals surface area contributed by atoms with Crippen molar-refractivity contribution in [1.29, 1.82) is 0 Å². The van der Waals surface area contributed by atoms with Crippen LogP contribution in [0.15, 0.2) is 30.5 Å². The van der Waals surface area contributed by atoms with E-state index in [0.717, 1.165) is 17.9 Å².